The van der Waals surface area contributed by atoms with Crippen molar-refractivity contribution in [2.24, 2.45) is 5.73 Å². The third-order valence-electron chi connectivity index (χ3n) is 1.89. The Labute approximate surface area is 104 Å². The second-order valence-electron chi connectivity index (χ2n) is 4.46. The standard InChI is InChI=1S/C12H16BrNO2/c1-12(2,14)7-11(15)16-8-9-4-3-5-10(13)6-9/h3-6H,7-8,14H2,1-2H3. The van der Waals surface area contributed by atoms with Crippen molar-refractivity contribution in [3.8, 4) is 0 Å². The maximum atomic E-state index is 11.4. The smallest absolute Gasteiger partial charge is 0.307 e. The third kappa shape index (κ3) is 5.28. The number of nitrogens with two attached hydrogens (primary N) is 1. The molecule has 0 saturated heterocycles. The van der Waals surface area contributed by atoms with Crippen LogP contribution in [0.5, 0.6) is 0 Å². The Kier molecular flexibility index (Phi) is 4.50. The van der Waals surface area contributed by atoms with Gasteiger partial charge < -0.3 is 10.5 Å². The molecule has 1 aromatic carbocycles. The lowest BCUT2D eigenvalue weighted by Crippen LogP contribution is -2.35. The maximum absolute atomic E-state index is 11.4. The highest BCUT2D eigenvalue weighted by Gasteiger charge is 2.17. The fraction of sp³-hybridized carbons (Fsp3) is 0.417. The fourth-order valence-electron chi connectivity index (χ4n) is 1.21. The van der Waals surface area contributed by atoms with Crippen molar-refractivity contribution in [1.29, 1.82) is 0 Å². The zero-order chi connectivity index (χ0) is 12.2. The maximum Gasteiger partial charge on any atom is 0.307 e. The summed E-state index contributed by atoms with van der Waals surface area (Å²) in [6, 6.07) is 7.65. The average Bonchev–Trinajstić information content (AvgIpc) is 2.12. The summed E-state index contributed by atoms with van der Waals surface area (Å²) in [5.41, 5.74) is 6.16. The highest BCUT2D eigenvalue weighted by molar-refractivity contribution is 9.10. The van der Waals surface area contributed by atoms with E-state index in [-0.39, 0.29) is 19.0 Å². The molecule has 0 saturated carbocycles. The number of carbonyl (C=O) groups is 1. The molecule has 1 rings (SSSR count). The highest BCUT2D eigenvalue weighted by Crippen LogP contribution is 2.13. The van der Waals surface area contributed by atoms with Gasteiger partial charge in [-0.2, -0.15) is 0 Å². The molecule has 3 nitrogen and oxygen atoms in total. The third-order valence-corrected chi connectivity index (χ3v) is 2.38. The van der Waals surface area contributed by atoms with Crippen LogP contribution in [0.25, 0.3) is 0 Å². The average molecular weight is 286 g/mol. The van der Waals surface area contributed by atoms with Crippen molar-refractivity contribution in [1.82, 2.24) is 0 Å². The Morgan fingerprint density at radius 3 is 2.75 bits per heavy atom. The summed E-state index contributed by atoms with van der Waals surface area (Å²) < 4.78 is 6.09. The minimum absolute atomic E-state index is 0.223. The molecule has 0 fully saturated rings. The lowest BCUT2D eigenvalue weighted by molar-refractivity contribution is -0.146. The van der Waals surface area contributed by atoms with Crippen molar-refractivity contribution in [2.45, 2.75) is 32.4 Å². The summed E-state index contributed by atoms with van der Waals surface area (Å²) in [6.07, 6.45) is 0.223. The molecule has 2 N–H and O–H groups in total. The lowest BCUT2D eigenvalue weighted by atomic mass is 10.0. The number of benzene rings is 1. The van der Waals surface area contributed by atoms with Gasteiger partial charge in [-0.1, -0.05) is 28.1 Å². The van der Waals surface area contributed by atoms with E-state index in [1.165, 1.54) is 0 Å². The molecule has 0 amide bonds. The number of esters is 1. The van der Waals surface area contributed by atoms with Crippen LogP contribution in [-0.4, -0.2) is 11.5 Å². The predicted molar refractivity (Wildman–Crippen MR) is 66.8 cm³/mol. The van der Waals surface area contributed by atoms with Gasteiger partial charge in [0.2, 0.25) is 0 Å². The molecule has 0 bridgehead atoms. The topological polar surface area (TPSA) is 52.3 Å². The van der Waals surface area contributed by atoms with E-state index in [0.29, 0.717) is 0 Å². The summed E-state index contributed by atoms with van der Waals surface area (Å²) in [6.45, 7) is 3.88. The molecule has 0 atom stereocenters. The van der Waals surface area contributed by atoms with Crippen LogP contribution >= 0.6 is 15.9 Å². The van der Waals surface area contributed by atoms with Crippen LogP contribution in [-0.2, 0) is 16.1 Å². The highest BCUT2D eigenvalue weighted by atomic mass is 79.9. The number of hydrogen-bond donors (Lipinski definition) is 1. The van der Waals surface area contributed by atoms with E-state index < -0.39 is 5.54 Å². The largest absolute Gasteiger partial charge is 0.461 e. The van der Waals surface area contributed by atoms with E-state index in [4.69, 9.17) is 10.5 Å². The second kappa shape index (κ2) is 5.46. The Morgan fingerprint density at radius 2 is 2.19 bits per heavy atom. The molecule has 0 spiro atoms. The lowest BCUT2D eigenvalue weighted by Gasteiger charge is -2.16. The fourth-order valence-corrected chi connectivity index (χ4v) is 1.66. The van der Waals surface area contributed by atoms with Crippen molar-refractivity contribution in [3.05, 3.63) is 34.3 Å². The Balaban J connectivity index is 2.43. The summed E-state index contributed by atoms with van der Waals surface area (Å²) >= 11 is 3.36. The molecule has 0 heterocycles. The normalized spacial score (nSPS) is 11.2. The zero-order valence-corrected chi connectivity index (χ0v) is 11.1. The number of halogens is 1. The molecule has 88 valence electrons. The van der Waals surface area contributed by atoms with Crippen molar-refractivity contribution in [2.75, 3.05) is 0 Å². The van der Waals surface area contributed by atoms with Crippen LogP contribution in [0, 0.1) is 0 Å². The number of hydrogen-bond acceptors (Lipinski definition) is 3. The second-order valence-corrected chi connectivity index (χ2v) is 5.37. The summed E-state index contributed by atoms with van der Waals surface area (Å²) in [7, 11) is 0. The molecule has 1 aromatic rings. The molecule has 16 heavy (non-hydrogen) atoms. The van der Waals surface area contributed by atoms with E-state index >= 15 is 0 Å². The quantitative estimate of drug-likeness (QED) is 0.866. The number of carbonyl (C=O) groups excluding carboxylic acids is 1. The molecule has 0 aliphatic rings. The molecule has 0 aliphatic carbocycles. The van der Waals surface area contributed by atoms with Crippen molar-refractivity contribution >= 4 is 21.9 Å². The zero-order valence-electron chi connectivity index (χ0n) is 9.50. The predicted octanol–water partition coefficient (Wildman–Crippen LogP) is 2.62. The van der Waals surface area contributed by atoms with Gasteiger partial charge in [0, 0.05) is 10.0 Å². The van der Waals surface area contributed by atoms with Gasteiger partial charge in [0.05, 0.1) is 6.42 Å². The van der Waals surface area contributed by atoms with Crippen LogP contribution in [0.4, 0.5) is 0 Å². The molecule has 0 radical (unpaired) electrons. The Hall–Kier alpha value is -0.870. The van der Waals surface area contributed by atoms with E-state index in [1.54, 1.807) is 13.8 Å². The molecule has 0 aliphatic heterocycles. The van der Waals surface area contributed by atoms with Gasteiger partial charge in [-0.25, -0.2) is 0 Å². The number of ether oxygens (including phenoxy) is 1. The monoisotopic (exact) mass is 285 g/mol. The summed E-state index contributed by atoms with van der Waals surface area (Å²) in [4.78, 5) is 11.4. The Morgan fingerprint density at radius 1 is 1.50 bits per heavy atom. The molecular formula is C12H16BrNO2. The number of rotatable bonds is 4. The van der Waals surface area contributed by atoms with Gasteiger partial charge in [-0.3, -0.25) is 4.79 Å². The minimum atomic E-state index is -0.519. The first-order valence-corrected chi connectivity index (χ1v) is 5.85. The Bertz CT molecular complexity index is 372. The van der Waals surface area contributed by atoms with E-state index in [1.807, 2.05) is 24.3 Å². The van der Waals surface area contributed by atoms with Crippen molar-refractivity contribution in [3.63, 3.8) is 0 Å². The molecule has 0 aromatic heterocycles. The van der Waals surface area contributed by atoms with Crippen LogP contribution in [0.3, 0.4) is 0 Å². The first-order valence-electron chi connectivity index (χ1n) is 5.06. The molecule has 0 unspecified atom stereocenters. The summed E-state index contributed by atoms with van der Waals surface area (Å²) in [5, 5.41) is 0. The van der Waals surface area contributed by atoms with Crippen LogP contribution in [0.1, 0.15) is 25.8 Å². The van der Waals surface area contributed by atoms with E-state index in [0.717, 1.165) is 10.0 Å². The van der Waals surface area contributed by atoms with Gasteiger partial charge in [-0.05, 0) is 31.5 Å². The van der Waals surface area contributed by atoms with Crippen molar-refractivity contribution < 1.29 is 9.53 Å². The van der Waals surface area contributed by atoms with Gasteiger partial charge >= 0.3 is 5.97 Å². The minimum Gasteiger partial charge on any atom is -0.461 e. The van der Waals surface area contributed by atoms with Gasteiger partial charge in [0.25, 0.3) is 0 Å². The first-order chi connectivity index (χ1) is 7.37. The SMILES string of the molecule is CC(C)(N)CC(=O)OCc1cccc(Br)c1. The van der Waals surface area contributed by atoms with Crippen LogP contribution in [0.2, 0.25) is 0 Å². The molecule has 4 heteroatoms. The van der Waals surface area contributed by atoms with Crippen LogP contribution < -0.4 is 5.73 Å². The van der Waals surface area contributed by atoms with Gasteiger partial charge in [0.1, 0.15) is 6.61 Å². The molecular weight excluding hydrogens is 270 g/mol. The van der Waals surface area contributed by atoms with E-state index in [2.05, 4.69) is 15.9 Å². The van der Waals surface area contributed by atoms with Crippen LogP contribution in [0.15, 0.2) is 28.7 Å². The summed E-state index contributed by atoms with van der Waals surface area (Å²) in [5.74, 6) is -0.271. The first kappa shape index (κ1) is 13.2. The van der Waals surface area contributed by atoms with E-state index in [9.17, 15) is 4.79 Å². The van der Waals surface area contributed by atoms with Gasteiger partial charge in [0.15, 0.2) is 0 Å². The van der Waals surface area contributed by atoms with Gasteiger partial charge in [-0.15, -0.1) is 0 Å².